The number of nitrogens with zero attached hydrogens (tertiary/aromatic N) is 5. The van der Waals surface area contributed by atoms with E-state index >= 15 is 0 Å². The molecule has 154 valence electrons. The summed E-state index contributed by atoms with van der Waals surface area (Å²) in [5, 5.41) is 4.59. The molecule has 1 unspecified atom stereocenters. The van der Waals surface area contributed by atoms with Gasteiger partial charge < -0.3 is 4.90 Å². The Bertz CT molecular complexity index is 1140. The van der Waals surface area contributed by atoms with Crippen LogP contribution in [0.3, 0.4) is 0 Å². The van der Waals surface area contributed by atoms with E-state index in [1.165, 1.54) is 28.6 Å². The van der Waals surface area contributed by atoms with Crippen molar-refractivity contribution in [1.29, 1.82) is 0 Å². The molecule has 2 aromatic heterocycles. The summed E-state index contributed by atoms with van der Waals surface area (Å²) in [4.78, 5) is 6.63. The average Bonchev–Trinajstić information content (AvgIpc) is 3.28. The minimum Gasteiger partial charge on any atom is -0.305 e. The van der Waals surface area contributed by atoms with Crippen LogP contribution in [0.1, 0.15) is 35.8 Å². The Kier molecular flexibility index (Phi) is 5.14. The van der Waals surface area contributed by atoms with Gasteiger partial charge in [-0.25, -0.2) is 22.3 Å². The molecule has 0 N–H and O–H groups in total. The fourth-order valence-corrected chi connectivity index (χ4v) is 5.62. The fraction of sp³-hybridized carbons (Fsp3) is 0.400. The molecule has 1 aliphatic rings. The molecule has 9 heteroatoms. The van der Waals surface area contributed by atoms with Crippen LogP contribution in [0.15, 0.2) is 41.4 Å². The van der Waals surface area contributed by atoms with Gasteiger partial charge in [0.15, 0.2) is 5.65 Å². The third-order valence-electron chi connectivity index (χ3n) is 5.15. The van der Waals surface area contributed by atoms with E-state index in [9.17, 15) is 12.8 Å². The van der Waals surface area contributed by atoms with Crippen LogP contribution in [0, 0.1) is 12.7 Å². The molecular weight excluding hydrogens is 393 g/mol. The monoisotopic (exact) mass is 417 g/mol. The van der Waals surface area contributed by atoms with Gasteiger partial charge in [-0.2, -0.15) is 9.40 Å². The number of aromatic nitrogens is 3. The summed E-state index contributed by atoms with van der Waals surface area (Å²) >= 11 is 0. The van der Waals surface area contributed by atoms with Crippen molar-refractivity contribution in [3.8, 4) is 0 Å². The standard InChI is InChI=1S/C20H24FN5O2S/c1-14-11-19-22-12-15(13-24(2)3)20(26(19)23-14)18-5-4-10-25(18)29(27,28)17-8-6-16(21)7-9-17/h6-9,11-12,18H,4-5,10,13H2,1-3H3. The zero-order valence-corrected chi connectivity index (χ0v) is 17.5. The molecule has 0 bridgehead atoms. The number of halogens is 1. The molecule has 7 nitrogen and oxygen atoms in total. The normalized spacial score (nSPS) is 18.2. The van der Waals surface area contributed by atoms with Crippen LogP contribution in [0.5, 0.6) is 0 Å². The van der Waals surface area contributed by atoms with Gasteiger partial charge in [-0.05, 0) is 58.1 Å². The average molecular weight is 418 g/mol. The second-order valence-corrected chi connectivity index (χ2v) is 9.58. The Hall–Kier alpha value is -2.36. The SMILES string of the molecule is Cc1cc2ncc(CN(C)C)c(C3CCCN3S(=O)(=O)c3ccc(F)cc3)n2n1. The summed E-state index contributed by atoms with van der Waals surface area (Å²) in [7, 11) is 0.156. The van der Waals surface area contributed by atoms with Gasteiger partial charge in [-0.3, -0.25) is 0 Å². The molecule has 3 heterocycles. The Morgan fingerprint density at radius 1 is 1.24 bits per heavy atom. The first kappa shape index (κ1) is 19.9. The number of rotatable bonds is 5. The van der Waals surface area contributed by atoms with Crippen LogP contribution in [-0.2, 0) is 16.6 Å². The largest absolute Gasteiger partial charge is 0.305 e. The predicted octanol–water partition coefficient (Wildman–Crippen LogP) is 2.76. The van der Waals surface area contributed by atoms with Crippen LogP contribution < -0.4 is 0 Å². The van der Waals surface area contributed by atoms with Gasteiger partial charge in [0.1, 0.15) is 5.82 Å². The number of aryl methyl sites for hydroxylation is 1. The maximum Gasteiger partial charge on any atom is 0.243 e. The summed E-state index contributed by atoms with van der Waals surface area (Å²) in [6, 6.07) is 6.52. The zero-order chi connectivity index (χ0) is 20.8. The number of fused-ring (bicyclic) bond motifs is 1. The number of hydrogen-bond acceptors (Lipinski definition) is 5. The topological polar surface area (TPSA) is 70.8 Å². The third kappa shape index (κ3) is 3.65. The highest BCUT2D eigenvalue weighted by Gasteiger charge is 2.39. The molecule has 1 fully saturated rings. The van der Waals surface area contributed by atoms with E-state index in [0.29, 0.717) is 25.2 Å². The minimum atomic E-state index is -3.77. The van der Waals surface area contributed by atoms with Crippen molar-refractivity contribution in [2.75, 3.05) is 20.6 Å². The maximum atomic E-state index is 13.4. The fourth-order valence-electron chi connectivity index (χ4n) is 3.96. The Morgan fingerprint density at radius 2 is 1.97 bits per heavy atom. The summed E-state index contributed by atoms with van der Waals surface area (Å²) in [6.07, 6.45) is 3.25. The van der Waals surface area contributed by atoms with Gasteiger partial charge in [0.2, 0.25) is 10.0 Å². The van der Waals surface area contributed by atoms with Crippen molar-refractivity contribution < 1.29 is 12.8 Å². The quantitative estimate of drug-likeness (QED) is 0.638. The third-order valence-corrected chi connectivity index (χ3v) is 7.07. The molecule has 0 radical (unpaired) electrons. The van der Waals surface area contributed by atoms with Crippen LogP contribution in [0.25, 0.3) is 5.65 Å². The highest BCUT2D eigenvalue weighted by molar-refractivity contribution is 7.89. The lowest BCUT2D eigenvalue weighted by molar-refractivity contribution is 0.366. The van der Waals surface area contributed by atoms with Crippen molar-refractivity contribution >= 4 is 15.7 Å². The van der Waals surface area contributed by atoms with E-state index < -0.39 is 15.8 Å². The lowest BCUT2D eigenvalue weighted by Gasteiger charge is -2.27. The van der Waals surface area contributed by atoms with E-state index in [0.717, 1.165) is 23.4 Å². The van der Waals surface area contributed by atoms with Crippen molar-refractivity contribution in [1.82, 2.24) is 23.8 Å². The summed E-state index contributed by atoms with van der Waals surface area (Å²) in [6.45, 7) is 2.93. The molecule has 1 aromatic carbocycles. The predicted molar refractivity (Wildman–Crippen MR) is 107 cm³/mol. The van der Waals surface area contributed by atoms with Crippen LogP contribution in [0.2, 0.25) is 0 Å². The first-order valence-corrected chi connectivity index (χ1v) is 11.0. The lowest BCUT2D eigenvalue weighted by atomic mass is 10.1. The molecule has 0 saturated carbocycles. The molecule has 29 heavy (non-hydrogen) atoms. The summed E-state index contributed by atoms with van der Waals surface area (Å²) < 4.78 is 43.3. The van der Waals surface area contributed by atoms with Gasteiger partial charge >= 0.3 is 0 Å². The molecule has 0 amide bonds. The Morgan fingerprint density at radius 3 is 2.66 bits per heavy atom. The van der Waals surface area contributed by atoms with Crippen LogP contribution in [0.4, 0.5) is 4.39 Å². The highest BCUT2D eigenvalue weighted by atomic mass is 32.2. The van der Waals surface area contributed by atoms with Crippen LogP contribution in [-0.4, -0.2) is 52.9 Å². The molecular formula is C20H24FN5O2S. The molecule has 1 atom stereocenters. The summed E-state index contributed by atoms with van der Waals surface area (Å²) in [5.41, 5.74) is 3.31. The van der Waals surface area contributed by atoms with E-state index in [-0.39, 0.29) is 10.9 Å². The Balaban J connectivity index is 1.84. The number of benzene rings is 1. The number of hydrogen-bond donors (Lipinski definition) is 0. The second kappa shape index (κ2) is 7.47. The molecule has 4 rings (SSSR count). The van der Waals surface area contributed by atoms with E-state index in [1.54, 1.807) is 4.52 Å². The molecule has 3 aromatic rings. The molecule has 1 aliphatic heterocycles. The van der Waals surface area contributed by atoms with E-state index in [2.05, 4.69) is 10.1 Å². The number of sulfonamides is 1. The second-order valence-electron chi connectivity index (χ2n) is 7.69. The van der Waals surface area contributed by atoms with E-state index in [4.69, 9.17) is 0 Å². The van der Waals surface area contributed by atoms with Gasteiger partial charge in [-0.1, -0.05) is 0 Å². The lowest BCUT2D eigenvalue weighted by Crippen LogP contribution is -2.33. The van der Waals surface area contributed by atoms with Crippen molar-refractivity contribution in [2.24, 2.45) is 0 Å². The van der Waals surface area contributed by atoms with Gasteiger partial charge in [0, 0.05) is 30.9 Å². The van der Waals surface area contributed by atoms with Crippen molar-refractivity contribution in [2.45, 2.75) is 37.2 Å². The van der Waals surface area contributed by atoms with Gasteiger partial charge in [-0.15, -0.1) is 0 Å². The molecule has 0 spiro atoms. The minimum absolute atomic E-state index is 0.0990. The van der Waals surface area contributed by atoms with Crippen molar-refractivity contribution in [3.63, 3.8) is 0 Å². The maximum absolute atomic E-state index is 13.4. The van der Waals surface area contributed by atoms with Gasteiger partial charge in [0.25, 0.3) is 0 Å². The highest BCUT2D eigenvalue weighted by Crippen LogP contribution is 2.38. The summed E-state index contributed by atoms with van der Waals surface area (Å²) in [5.74, 6) is -0.460. The molecule has 0 aliphatic carbocycles. The zero-order valence-electron chi connectivity index (χ0n) is 16.7. The van der Waals surface area contributed by atoms with Crippen LogP contribution >= 0.6 is 0 Å². The van der Waals surface area contributed by atoms with E-state index in [1.807, 2.05) is 38.2 Å². The van der Waals surface area contributed by atoms with Gasteiger partial charge in [0.05, 0.1) is 22.3 Å². The first-order chi connectivity index (χ1) is 13.8. The smallest absolute Gasteiger partial charge is 0.243 e. The Labute approximate surface area is 169 Å². The molecule has 1 saturated heterocycles. The first-order valence-electron chi connectivity index (χ1n) is 9.53. The van der Waals surface area contributed by atoms with Crippen molar-refractivity contribution in [3.05, 3.63) is 59.3 Å².